The molecule has 144 valence electrons. The molecule has 10 heteroatoms. The number of aromatic nitrogens is 8. The number of aryl methyl sites for hydroxylation is 2. The molecule has 0 bridgehead atoms. The Morgan fingerprint density at radius 2 is 1.90 bits per heavy atom. The highest BCUT2D eigenvalue weighted by Crippen LogP contribution is 2.30. The minimum Gasteiger partial charge on any atom is -0.496 e. The van der Waals surface area contributed by atoms with Gasteiger partial charge in [-0.05, 0) is 25.1 Å². The van der Waals surface area contributed by atoms with Gasteiger partial charge in [-0.15, -0.1) is 9.61 Å². The van der Waals surface area contributed by atoms with Gasteiger partial charge in [-0.1, -0.05) is 22.1 Å². The van der Waals surface area contributed by atoms with Gasteiger partial charge < -0.3 is 4.74 Å². The van der Waals surface area contributed by atoms with Crippen molar-refractivity contribution in [2.45, 2.75) is 13.8 Å². The van der Waals surface area contributed by atoms with Gasteiger partial charge in [0.1, 0.15) is 17.0 Å². The maximum absolute atomic E-state index is 13.5. The van der Waals surface area contributed by atoms with Crippen LogP contribution in [-0.2, 0) is 0 Å². The molecule has 0 amide bonds. The van der Waals surface area contributed by atoms with Crippen LogP contribution < -0.4 is 14.8 Å². The van der Waals surface area contributed by atoms with Crippen molar-refractivity contribution < 1.29 is 9.25 Å². The SMILES string of the molecule is COc1ccccc1-c1c2c(=O)n(-c3n[nH]c(C)n3)ccc2nc2nc(C)[nH][n+]12. The molecule has 0 atom stereocenters. The zero-order valence-electron chi connectivity index (χ0n) is 16.0. The first-order valence-electron chi connectivity index (χ1n) is 8.93. The van der Waals surface area contributed by atoms with Crippen molar-refractivity contribution in [2.75, 3.05) is 7.11 Å². The first kappa shape index (κ1) is 17.0. The van der Waals surface area contributed by atoms with Gasteiger partial charge in [0.05, 0.1) is 12.7 Å². The van der Waals surface area contributed by atoms with E-state index in [1.54, 1.807) is 30.8 Å². The zero-order valence-corrected chi connectivity index (χ0v) is 16.0. The molecule has 2 N–H and O–H groups in total. The molecule has 10 nitrogen and oxygen atoms in total. The summed E-state index contributed by atoms with van der Waals surface area (Å²) in [6.45, 7) is 3.61. The Labute approximate surface area is 163 Å². The molecule has 5 rings (SSSR count). The summed E-state index contributed by atoms with van der Waals surface area (Å²) >= 11 is 0. The molecule has 0 fully saturated rings. The third kappa shape index (κ3) is 2.57. The highest BCUT2D eigenvalue weighted by Gasteiger charge is 2.26. The number of hydrogen-bond donors (Lipinski definition) is 2. The number of ether oxygens (including phenoxy) is 1. The molecule has 0 aliphatic heterocycles. The summed E-state index contributed by atoms with van der Waals surface area (Å²) in [6.07, 6.45) is 1.61. The van der Waals surface area contributed by atoms with Gasteiger partial charge in [0.15, 0.2) is 11.2 Å². The Bertz CT molecular complexity index is 1450. The normalized spacial score (nSPS) is 11.4. The number of nitrogens with one attached hydrogen (secondary N) is 2. The quantitative estimate of drug-likeness (QED) is 0.449. The van der Waals surface area contributed by atoms with Crippen LogP contribution in [0.2, 0.25) is 0 Å². The molecule has 0 saturated heterocycles. The van der Waals surface area contributed by atoms with E-state index in [2.05, 4.69) is 30.2 Å². The summed E-state index contributed by atoms with van der Waals surface area (Å²) in [7, 11) is 1.59. The number of para-hydroxylation sites is 1. The summed E-state index contributed by atoms with van der Waals surface area (Å²) in [5, 5.41) is 10.4. The van der Waals surface area contributed by atoms with Gasteiger partial charge in [-0.2, -0.15) is 4.98 Å². The predicted octanol–water partition coefficient (Wildman–Crippen LogP) is 1.26. The molecular weight excluding hydrogens is 372 g/mol. The van der Waals surface area contributed by atoms with E-state index in [-0.39, 0.29) is 11.5 Å². The molecule has 0 radical (unpaired) electrons. The second kappa shape index (κ2) is 6.23. The van der Waals surface area contributed by atoms with Crippen molar-refractivity contribution >= 4 is 16.7 Å². The summed E-state index contributed by atoms with van der Waals surface area (Å²) < 4.78 is 8.65. The van der Waals surface area contributed by atoms with Crippen LogP contribution in [0, 0.1) is 13.8 Å². The highest BCUT2D eigenvalue weighted by atomic mass is 16.5. The lowest BCUT2D eigenvalue weighted by atomic mass is 10.1. The van der Waals surface area contributed by atoms with E-state index in [0.717, 1.165) is 5.56 Å². The van der Waals surface area contributed by atoms with E-state index >= 15 is 0 Å². The smallest absolute Gasteiger partial charge is 0.458 e. The molecule has 0 aliphatic rings. The van der Waals surface area contributed by atoms with Crippen LogP contribution in [0.3, 0.4) is 0 Å². The van der Waals surface area contributed by atoms with Crippen molar-refractivity contribution in [1.82, 2.24) is 34.8 Å². The van der Waals surface area contributed by atoms with Crippen LogP contribution in [-0.4, -0.2) is 41.9 Å². The molecule has 4 heterocycles. The molecule has 0 aliphatic carbocycles. The van der Waals surface area contributed by atoms with Crippen LogP contribution in [0.15, 0.2) is 41.3 Å². The van der Waals surface area contributed by atoms with E-state index in [0.29, 0.717) is 39.8 Å². The molecule has 5 aromatic rings. The Kier molecular flexibility index (Phi) is 3.66. The summed E-state index contributed by atoms with van der Waals surface area (Å²) in [5.74, 6) is 2.65. The third-order valence-corrected chi connectivity index (χ3v) is 4.66. The van der Waals surface area contributed by atoms with Gasteiger partial charge in [-0.25, -0.2) is 9.67 Å². The molecule has 1 aromatic carbocycles. The van der Waals surface area contributed by atoms with Gasteiger partial charge in [0.25, 0.3) is 11.5 Å². The van der Waals surface area contributed by atoms with Gasteiger partial charge in [0, 0.05) is 13.1 Å². The molecule has 4 aromatic heterocycles. The first-order valence-corrected chi connectivity index (χ1v) is 8.93. The van der Waals surface area contributed by atoms with Crippen molar-refractivity contribution in [2.24, 2.45) is 0 Å². The zero-order chi connectivity index (χ0) is 20.1. The minimum atomic E-state index is -0.295. The number of fused-ring (bicyclic) bond motifs is 2. The Morgan fingerprint density at radius 1 is 1.07 bits per heavy atom. The van der Waals surface area contributed by atoms with Gasteiger partial charge in [-0.3, -0.25) is 9.89 Å². The Morgan fingerprint density at radius 3 is 2.66 bits per heavy atom. The van der Waals surface area contributed by atoms with Gasteiger partial charge >= 0.3 is 5.78 Å². The number of methoxy groups -OCH3 is 1. The second-order valence-corrected chi connectivity index (χ2v) is 6.58. The Balaban J connectivity index is 1.97. The lowest BCUT2D eigenvalue weighted by molar-refractivity contribution is -0.567. The second-order valence-electron chi connectivity index (χ2n) is 6.58. The van der Waals surface area contributed by atoms with E-state index in [1.165, 1.54) is 4.57 Å². The van der Waals surface area contributed by atoms with Crippen LogP contribution >= 0.6 is 0 Å². The summed E-state index contributed by atoms with van der Waals surface area (Å²) in [5.41, 5.74) is 1.57. The van der Waals surface area contributed by atoms with Crippen LogP contribution in [0.1, 0.15) is 11.6 Å². The topological polar surface area (TPSA) is 118 Å². The number of hydrogen-bond acceptors (Lipinski definition) is 6. The summed E-state index contributed by atoms with van der Waals surface area (Å²) in [4.78, 5) is 26.8. The average molecular weight is 389 g/mol. The molecule has 0 spiro atoms. The first-order chi connectivity index (χ1) is 14.1. The van der Waals surface area contributed by atoms with Crippen molar-refractivity contribution in [3.05, 3.63) is 58.5 Å². The fraction of sp³-hybridized carbons (Fsp3) is 0.158. The maximum atomic E-state index is 13.5. The average Bonchev–Trinajstić information content (AvgIpc) is 3.31. The largest absolute Gasteiger partial charge is 0.496 e. The maximum Gasteiger partial charge on any atom is 0.458 e. The van der Waals surface area contributed by atoms with Crippen LogP contribution in [0.5, 0.6) is 5.75 Å². The van der Waals surface area contributed by atoms with E-state index in [1.807, 2.05) is 31.2 Å². The van der Waals surface area contributed by atoms with E-state index < -0.39 is 0 Å². The van der Waals surface area contributed by atoms with Crippen LogP contribution in [0.25, 0.3) is 33.9 Å². The predicted molar refractivity (Wildman–Crippen MR) is 104 cm³/mol. The van der Waals surface area contributed by atoms with Crippen molar-refractivity contribution in [3.8, 4) is 23.0 Å². The fourth-order valence-electron chi connectivity index (χ4n) is 3.42. The summed E-state index contributed by atoms with van der Waals surface area (Å²) in [6, 6.07) is 9.26. The molecule has 29 heavy (non-hydrogen) atoms. The molecular formula is C19H17N8O2+. The number of pyridine rings is 1. The number of aromatic amines is 2. The fourth-order valence-corrected chi connectivity index (χ4v) is 3.42. The lowest BCUT2D eigenvalue weighted by Crippen LogP contribution is -2.32. The van der Waals surface area contributed by atoms with Crippen LogP contribution in [0.4, 0.5) is 0 Å². The number of H-pyrrole nitrogens is 2. The van der Waals surface area contributed by atoms with Crippen molar-refractivity contribution in [1.29, 1.82) is 0 Å². The third-order valence-electron chi connectivity index (χ3n) is 4.66. The van der Waals surface area contributed by atoms with E-state index in [4.69, 9.17) is 4.74 Å². The lowest BCUT2D eigenvalue weighted by Gasteiger charge is -2.09. The number of nitrogens with zero attached hydrogens (tertiary/aromatic N) is 6. The monoisotopic (exact) mass is 389 g/mol. The van der Waals surface area contributed by atoms with E-state index in [9.17, 15) is 4.79 Å². The molecule has 0 saturated carbocycles. The highest BCUT2D eigenvalue weighted by molar-refractivity contribution is 5.92. The van der Waals surface area contributed by atoms with Gasteiger partial charge in [0.2, 0.25) is 5.82 Å². The molecule has 0 unspecified atom stereocenters. The number of rotatable bonds is 3. The standard InChI is InChI=1S/C19H16N8O2/c1-10-20-19(24-23-10)26-9-8-13-15(17(26)28)16(12-6-4-5-7-14(12)29-3)27-18(22-13)21-11(2)25-27/h4-9H,1-3H3,(H,20,23,24)/p+1. The van der Waals surface area contributed by atoms with Crippen molar-refractivity contribution in [3.63, 3.8) is 0 Å². The Hall–Kier alpha value is -4.08. The minimum absolute atomic E-state index is 0.270. The number of benzene rings is 1.